The summed E-state index contributed by atoms with van der Waals surface area (Å²) in [7, 11) is 0. The van der Waals surface area contributed by atoms with E-state index in [1.165, 1.54) is 6.92 Å². The average molecular weight is 218 g/mol. The van der Waals surface area contributed by atoms with E-state index in [-0.39, 0.29) is 17.7 Å². The second kappa shape index (κ2) is 4.63. The second-order valence-electron chi connectivity index (χ2n) is 3.38. The zero-order valence-corrected chi connectivity index (χ0v) is 8.36. The van der Waals surface area contributed by atoms with Gasteiger partial charge in [-0.2, -0.15) is 0 Å². The molecule has 0 heterocycles. The van der Waals surface area contributed by atoms with Gasteiger partial charge in [0.25, 0.3) is 0 Å². The molecule has 0 aliphatic rings. The van der Waals surface area contributed by atoms with Crippen molar-refractivity contribution in [3.8, 4) is 0 Å². The van der Waals surface area contributed by atoms with Gasteiger partial charge in [0, 0.05) is 17.2 Å². The minimum atomic E-state index is -1.17. The van der Waals surface area contributed by atoms with Crippen molar-refractivity contribution < 1.29 is 13.2 Å². The minimum Gasteiger partial charge on any atom is -0.330 e. The molecule has 84 valence electrons. The summed E-state index contributed by atoms with van der Waals surface area (Å²) in [6, 6.07) is 0.0849. The maximum absolute atomic E-state index is 13.5. The van der Waals surface area contributed by atoms with Crippen LogP contribution in [0.3, 0.4) is 0 Å². The Balaban J connectivity index is 3.19. The highest BCUT2D eigenvalue weighted by Crippen LogP contribution is 2.24. The number of nitrogens with two attached hydrogens (primary N) is 2. The van der Waals surface area contributed by atoms with E-state index < -0.39 is 23.5 Å². The Hall–Kier alpha value is -1.07. The van der Waals surface area contributed by atoms with Gasteiger partial charge in [-0.25, -0.2) is 13.2 Å². The van der Waals surface area contributed by atoms with Crippen LogP contribution in [0.2, 0.25) is 0 Å². The molecule has 0 bridgehead atoms. The summed E-state index contributed by atoms with van der Waals surface area (Å²) < 4.78 is 39.4. The lowest BCUT2D eigenvalue weighted by Gasteiger charge is -2.13. The maximum atomic E-state index is 13.5. The van der Waals surface area contributed by atoms with Gasteiger partial charge in [-0.1, -0.05) is 0 Å². The van der Waals surface area contributed by atoms with Gasteiger partial charge in [-0.05, 0) is 26.0 Å². The summed E-state index contributed by atoms with van der Waals surface area (Å²) in [5.74, 6) is -3.05. The standard InChI is InChI=1S/C10H13F3N2/c1-5-9(12)6(8(15)2-3-14)4-7(11)10(5)13/h4,8H,2-3,14-15H2,1H3. The van der Waals surface area contributed by atoms with Crippen LogP contribution in [0.5, 0.6) is 0 Å². The number of hydrogen-bond donors (Lipinski definition) is 2. The molecule has 0 radical (unpaired) electrons. The lowest BCUT2D eigenvalue weighted by molar-refractivity contribution is 0.473. The summed E-state index contributed by atoms with van der Waals surface area (Å²) >= 11 is 0. The van der Waals surface area contributed by atoms with Gasteiger partial charge in [0.05, 0.1) is 0 Å². The Bertz CT molecular complexity index is 366. The van der Waals surface area contributed by atoms with Crippen molar-refractivity contribution in [2.45, 2.75) is 19.4 Å². The topological polar surface area (TPSA) is 52.0 Å². The molecule has 0 aliphatic heterocycles. The summed E-state index contributed by atoms with van der Waals surface area (Å²) in [5, 5.41) is 0. The minimum absolute atomic E-state index is 0.0307. The SMILES string of the molecule is Cc1c(F)c(F)cc(C(N)CCN)c1F. The first-order valence-corrected chi connectivity index (χ1v) is 4.58. The Morgan fingerprint density at radius 3 is 2.40 bits per heavy atom. The molecule has 0 fully saturated rings. The molecule has 0 spiro atoms. The van der Waals surface area contributed by atoms with Crippen molar-refractivity contribution in [1.82, 2.24) is 0 Å². The highest BCUT2D eigenvalue weighted by atomic mass is 19.2. The van der Waals surface area contributed by atoms with Crippen molar-refractivity contribution in [2.24, 2.45) is 11.5 Å². The number of hydrogen-bond acceptors (Lipinski definition) is 2. The molecular formula is C10H13F3N2. The van der Waals surface area contributed by atoms with Gasteiger partial charge in [-0.15, -0.1) is 0 Å². The normalized spacial score (nSPS) is 12.9. The van der Waals surface area contributed by atoms with Crippen LogP contribution < -0.4 is 11.5 Å². The van der Waals surface area contributed by atoms with Gasteiger partial charge >= 0.3 is 0 Å². The van der Waals surface area contributed by atoms with Crippen LogP contribution in [0.1, 0.15) is 23.6 Å². The molecule has 0 saturated carbocycles. The molecule has 1 unspecified atom stereocenters. The summed E-state index contributed by atoms with van der Waals surface area (Å²) in [6.45, 7) is 1.44. The Labute approximate surface area is 86.1 Å². The summed E-state index contributed by atoms with van der Waals surface area (Å²) in [4.78, 5) is 0. The fraction of sp³-hybridized carbons (Fsp3) is 0.400. The highest BCUT2D eigenvalue weighted by Gasteiger charge is 2.18. The third-order valence-corrected chi connectivity index (χ3v) is 2.28. The molecule has 1 atom stereocenters. The quantitative estimate of drug-likeness (QED) is 0.759. The van der Waals surface area contributed by atoms with Crippen molar-refractivity contribution in [2.75, 3.05) is 6.54 Å². The van der Waals surface area contributed by atoms with Gasteiger partial charge < -0.3 is 11.5 Å². The van der Waals surface area contributed by atoms with Crippen LogP contribution in [-0.4, -0.2) is 6.54 Å². The monoisotopic (exact) mass is 218 g/mol. The molecule has 0 aromatic heterocycles. The van der Waals surface area contributed by atoms with E-state index in [0.29, 0.717) is 6.42 Å². The first-order chi connectivity index (χ1) is 6.99. The molecular weight excluding hydrogens is 205 g/mol. The molecule has 0 saturated heterocycles. The van der Waals surface area contributed by atoms with Crippen LogP contribution in [-0.2, 0) is 0 Å². The second-order valence-corrected chi connectivity index (χ2v) is 3.38. The van der Waals surface area contributed by atoms with Gasteiger partial charge in [-0.3, -0.25) is 0 Å². The molecule has 1 aromatic rings. The molecule has 0 amide bonds. The predicted octanol–water partition coefficient (Wildman–Crippen LogP) is 1.76. The van der Waals surface area contributed by atoms with E-state index in [1.807, 2.05) is 0 Å². The largest absolute Gasteiger partial charge is 0.330 e. The lowest BCUT2D eigenvalue weighted by atomic mass is 10.0. The zero-order chi connectivity index (χ0) is 11.6. The third kappa shape index (κ3) is 2.30. The molecule has 5 heteroatoms. The van der Waals surface area contributed by atoms with Crippen LogP contribution in [0.25, 0.3) is 0 Å². The van der Waals surface area contributed by atoms with Crippen LogP contribution in [0.15, 0.2) is 6.07 Å². The first kappa shape index (κ1) is 12.0. The van der Waals surface area contributed by atoms with E-state index in [4.69, 9.17) is 11.5 Å². The average Bonchev–Trinajstić information content (AvgIpc) is 2.20. The maximum Gasteiger partial charge on any atom is 0.164 e. The van der Waals surface area contributed by atoms with Crippen LogP contribution in [0, 0.1) is 24.4 Å². The van der Waals surface area contributed by atoms with Gasteiger partial charge in [0.2, 0.25) is 0 Å². The van der Waals surface area contributed by atoms with E-state index in [1.54, 1.807) is 0 Å². The summed E-state index contributed by atoms with van der Waals surface area (Å²) in [6.07, 6.45) is 0.321. The van der Waals surface area contributed by atoms with Gasteiger partial charge in [0.15, 0.2) is 11.6 Å². The highest BCUT2D eigenvalue weighted by molar-refractivity contribution is 5.29. The molecule has 15 heavy (non-hydrogen) atoms. The molecule has 1 rings (SSSR count). The Morgan fingerprint density at radius 2 is 1.87 bits per heavy atom. The fourth-order valence-corrected chi connectivity index (χ4v) is 1.36. The van der Waals surface area contributed by atoms with E-state index >= 15 is 0 Å². The Kier molecular flexibility index (Phi) is 3.71. The van der Waals surface area contributed by atoms with E-state index in [2.05, 4.69) is 0 Å². The van der Waals surface area contributed by atoms with Crippen molar-refractivity contribution >= 4 is 0 Å². The molecule has 2 nitrogen and oxygen atoms in total. The van der Waals surface area contributed by atoms with E-state index in [9.17, 15) is 13.2 Å². The molecule has 1 aromatic carbocycles. The van der Waals surface area contributed by atoms with E-state index in [0.717, 1.165) is 6.07 Å². The fourth-order valence-electron chi connectivity index (χ4n) is 1.36. The number of benzene rings is 1. The zero-order valence-electron chi connectivity index (χ0n) is 8.36. The molecule has 4 N–H and O–H groups in total. The third-order valence-electron chi connectivity index (χ3n) is 2.28. The summed E-state index contributed by atoms with van der Waals surface area (Å²) in [5.41, 5.74) is 10.5. The van der Waals surface area contributed by atoms with Crippen molar-refractivity contribution in [3.63, 3.8) is 0 Å². The first-order valence-electron chi connectivity index (χ1n) is 4.58. The van der Waals surface area contributed by atoms with Crippen LogP contribution >= 0.6 is 0 Å². The number of halogens is 3. The van der Waals surface area contributed by atoms with Gasteiger partial charge in [0.1, 0.15) is 5.82 Å². The number of rotatable bonds is 3. The lowest BCUT2D eigenvalue weighted by Crippen LogP contribution is -2.18. The van der Waals surface area contributed by atoms with Crippen molar-refractivity contribution in [1.29, 1.82) is 0 Å². The van der Waals surface area contributed by atoms with Crippen LogP contribution in [0.4, 0.5) is 13.2 Å². The Morgan fingerprint density at radius 1 is 1.27 bits per heavy atom. The molecule has 0 aliphatic carbocycles. The smallest absolute Gasteiger partial charge is 0.164 e. The van der Waals surface area contributed by atoms with Crippen molar-refractivity contribution in [3.05, 3.63) is 34.6 Å². The predicted molar refractivity (Wildman–Crippen MR) is 51.7 cm³/mol.